The van der Waals surface area contributed by atoms with Crippen molar-refractivity contribution in [1.82, 2.24) is 0 Å². The molecule has 1 aromatic carbocycles. The molecular formula is C18H23Cl3SiTi. The first kappa shape index (κ1) is 25.7. The number of allylic oxidation sites excluding steroid dienone is 4. The Labute approximate surface area is 175 Å². The summed E-state index contributed by atoms with van der Waals surface area (Å²) in [7, 11) is -1.34. The predicted octanol–water partition coefficient (Wildman–Crippen LogP) is -4.53. The molecule has 0 spiro atoms. The quantitative estimate of drug-likeness (QED) is 0.341. The van der Waals surface area contributed by atoms with Crippen molar-refractivity contribution in [2.24, 2.45) is 5.92 Å². The van der Waals surface area contributed by atoms with E-state index in [-0.39, 0.29) is 58.9 Å². The van der Waals surface area contributed by atoms with Gasteiger partial charge in [-0.3, -0.25) is 6.08 Å². The maximum Gasteiger partial charge on any atom is 4.00 e. The van der Waals surface area contributed by atoms with E-state index in [1.807, 2.05) is 0 Å². The molecule has 2 aliphatic carbocycles. The molecule has 1 aromatic rings. The van der Waals surface area contributed by atoms with Gasteiger partial charge in [0.25, 0.3) is 0 Å². The zero-order valence-electron chi connectivity index (χ0n) is 13.7. The Balaban J connectivity index is 0. The van der Waals surface area contributed by atoms with Crippen LogP contribution in [0.15, 0.2) is 47.6 Å². The first-order chi connectivity index (χ1) is 9.17. The van der Waals surface area contributed by atoms with Crippen LogP contribution in [-0.2, 0) is 21.7 Å². The molecular weight excluding hydrogens is 399 g/mol. The molecule has 1 atom stereocenters. The van der Waals surface area contributed by atoms with E-state index in [1.165, 1.54) is 31.7 Å². The van der Waals surface area contributed by atoms with Crippen molar-refractivity contribution in [3.63, 3.8) is 0 Å². The maximum atomic E-state index is 3.66. The average Bonchev–Trinajstić information content (AvgIpc) is 2.83. The normalized spacial score (nSPS) is 18.8. The molecule has 0 nitrogen and oxygen atoms in total. The van der Waals surface area contributed by atoms with Crippen LogP contribution in [0.2, 0.25) is 19.1 Å². The molecule has 0 heterocycles. The monoisotopic (exact) mass is 420 g/mol. The molecule has 0 saturated heterocycles. The maximum absolute atomic E-state index is 3.66. The largest absolute Gasteiger partial charge is 4.00 e. The van der Waals surface area contributed by atoms with Crippen LogP contribution in [0.5, 0.6) is 0 Å². The Bertz CT molecular complexity index is 526. The zero-order valence-corrected chi connectivity index (χ0v) is 18.5. The third-order valence-corrected chi connectivity index (χ3v) is 8.03. The van der Waals surface area contributed by atoms with Crippen molar-refractivity contribution in [2.75, 3.05) is 0 Å². The zero-order chi connectivity index (χ0) is 13.3. The molecule has 0 amide bonds. The van der Waals surface area contributed by atoms with Gasteiger partial charge in [-0.05, 0) is 6.42 Å². The molecule has 1 unspecified atom stereocenters. The van der Waals surface area contributed by atoms with Crippen LogP contribution in [0.3, 0.4) is 0 Å². The smallest absolute Gasteiger partial charge is 1.00 e. The first-order valence-electron chi connectivity index (χ1n) is 7.53. The Hall–Kier alpha value is 0.501. The van der Waals surface area contributed by atoms with Gasteiger partial charge in [-0.1, -0.05) is 79.8 Å². The van der Waals surface area contributed by atoms with Gasteiger partial charge in [0.05, 0.1) is 8.07 Å². The number of hydrogen-bond donors (Lipinski definition) is 0. The minimum Gasteiger partial charge on any atom is -1.00 e. The van der Waals surface area contributed by atoms with Crippen molar-refractivity contribution in [2.45, 2.75) is 44.8 Å². The second-order valence-corrected chi connectivity index (χ2v) is 11.3. The minimum atomic E-state index is -1.34. The van der Waals surface area contributed by atoms with Crippen molar-refractivity contribution in [3.05, 3.63) is 53.6 Å². The summed E-state index contributed by atoms with van der Waals surface area (Å²) >= 11 is 0. The molecule has 0 radical (unpaired) electrons. The molecule has 0 fully saturated rings. The number of hydrogen-bond acceptors (Lipinski definition) is 0. The molecule has 5 heteroatoms. The van der Waals surface area contributed by atoms with E-state index in [0.29, 0.717) is 5.92 Å². The predicted molar refractivity (Wildman–Crippen MR) is 85.2 cm³/mol. The van der Waals surface area contributed by atoms with Gasteiger partial charge in [0.1, 0.15) is 0 Å². The summed E-state index contributed by atoms with van der Waals surface area (Å²) in [5, 5.41) is 1.58. The summed E-state index contributed by atoms with van der Waals surface area (Å²) in [6.45, 7) is 5.01. The van der Waals surface area contributed by atoms with Gasteiger partial charge in [0.2, 0.25) is 0 Å². The second kappa shape index (κ2) is 11.2. The van der Waals surface area contributed by atoms with Gasteiger partial charge >= 0.3 is 21.7 Å². The van der Waals surface area contributed by atoms with E-state index in [1.54, 1.807) is 16.3 Å². The Kier molecular flexibility index (Phi) is 12.5. The van der Waals surface area contributed by atoms with Crippen LogP contribution in [0, 0.1) is 12.0 Å². The fraction of sp³-hybridized carbons (Fsp3) is 0.444. The summed E-state index contributed by atoms with van der Waals surface area (Å²) < 4.78 is 0. The standard InChI is InChI=1S/C18H23Si.3ClH.Ti/c1-19(2,17-9-4-3-5-10-17)14-16-13-12-15-8-6-7-11-18(15)16;;;;/h3-5,9-10,12,16H,6-8,11,14H2,1-2H3;3*1H;/q-1;;;;+4/p-3. The van der Waals surface area contributed by atoms with Gasteiger partial charge in [-0.25, -0.2) is 6.08 Å². The number of rotatable bonds is 3. The van der Waals surface area contributed by atoms with Crippen LogP contribution in [0.1, 0.15) is 25.7 Å². The summed E-state index contributed by atoms with van der Waals surface area (Å²) in [6.07, 6.45) is 11.3. The van der Waals surface area contributed by atoms with Gasteiger partial charge in [-0.15, -0.1) is 0 Å². The Morgan fingerprint density at radius 1 is 1.00 bits per heavy atom. The van der Waals surface area contributed by atoms with Crippen LogP contribution in [-0.4, -0.2) is 8.07 Å². The average molecular weight is 422 g/mol. The second-order valence-electron chi connectivity index (χ2n) is 6.58. The number of halogens is 3. The van der Waals surface area contributed by atoms with Crippen molar-refractivity contribution >= 4 is 13.3 Å². The van der Waals surface area contributed by atoms with E-state index in [9.17, 15) is 0 Å². The van der Waals surface area contributed by atoms with Gasteiger partial charge in [0.15, 0.2) is 0 Å². The van der Waals surface area contributed by atoms with Gasteiger partial charge in [0, 0.05) is 0 Å². The Morgan fingerprint density at radius 3 is 2.26 bits per heavy atom. The molecule has 0 aromatic heterocycles. The fourth-order valence-electron chi connectivity index (χ4n) is 3.52. The summed E-state index contributed by atoms with van der Waals surface area (Å²) in [5.74, 6) is 0.622. The summed E-state index contributed by atoms with van der Waals surface area (Å²) in [6, 6.07) is 12.5. The van der Waals surface area contributed by atoms with Crippen LogP contribution >= 0.6 is 0 Å². The van der Waals surface area contributed by atoms with Crippen molar-refractivity contribution in [3.8, 4) is 0 Å². The SMILES string of the molecule is C[Si](C)(CC1[C-]=CC2=C1CCCC2)c1ccccc1.[Cl-].[Cl-].[Cl-].[Ti+4]. The molecule has 0 N–H and O–H groups in total. The molecule has 0 bridgehead atoms. The topological polar surface area (TPSA) is 0 Å². The molecule has 2 aliphatic rings. The van der Waals surface area contributed by atoms with Crippen molar-refractivity contribution < 1.29 is 58.9 Å². The van der Waals surface area contributed by atoms with E-state index < -0.39 is 8.07 Å². The molecule has 124 valence electrons. The van der Waals surface area contributed by atoms with Gasteiger partial charge < -0.3 is 37.2 Å². The summed E-state index contributed by atoms with van der Waals surface area (Å²) in [5.41, 5.74) is 3.34. The van der Waals surface area contributed by atoms with E-state index >= 15 is 0 Å². The molecule has 0 saturated carbocycles. The third-order valence-electron chi connectivity index (χ3n) is 4.70. The van der Waals surface area contributed by atoms with Crippen LogP contribution < -0.4 is 42.4 Å². The molecule has 3 rings (SSSR count). The van der Waals surface area contributed by atoms with E-state index in [4.69, 9.17) is 0 Å². The fourth-order valence-corrected chi connectivity index (χ4v) is 6.23. The first-order valence-corrected chi connectivity index (χ1v) is 10.7. The number of benzene rings is 1. The molecule has 0 aliphatic heterocycles. The van der Waals surface area contributed by atoms with E-state index in [0.717, 1.165) is 0 Å². The van der Waals surface area contributed by atoms with Gasteiger partial charge in [-0.2, -0.15) is 11.1 Å². The minimum absolute atomic E-state index is 0. The Morgan fingerprint density at radius 2 is 1.61 bits per heavy atom. The van der Waals surface area contributed by atoms with E-state index in [2.05, 4.69) is 55.6 Å². The third kappa shape index (κ3) is 6.06. The van der Waals surface area contributed by atoms with Crippen LogP contribution in [0.4, 0.5) is 0 Å². The molecule has 23 heavy (non-hydrogen) atoms. The summed E-state index contributed by atoms with van der Waals surface area (Å²) in [4.78, 5) is 0. The van der Waals surface area contributed by atoms with Crippen LogP contribution in [0.25, 0.3) is 0 Å². The van der Waals surface area contributed by atoms with Crippen molar-refractivity contribution in [1.29, 1.82) is 0 Å².